The lowest BCUT2D eigenvalue weighted by atomic mass is 10.0. The van der Waals surface area contributed by atoms with E-state index in [0.29, 0.717) is 6.42 Å². The van der Waals surface area contributed by atoms with E-state index in [0.717, 1.165) is 22.2 Å². The first kappa shape index (κ1) is 11.7. The normalized spacial score (nSPS) is 12.6. The number of hydrogen-bond acceptors (Lipinski definition) is 3. The summed E-state index contributed by atoms with van der Waals surface area (Å²) in [4.78, 5) is 14.6. The zero-order valence-corrected chi connectivity index (χ0v) is 9.99. The molecule has 17 heavy (non-hydrogen) atoms. The van der Waals surface area contributed by atoms with E-state index in [-0.39, 0.29) is 5.97 Å². The third-order valence-corrected chi connectivity index (χ3v) is 2.95. The van der Waals surface area contributed by atoms with E-state index in [1.807, 2.05) is 31.2 Å². The Bertz CT molecular complexity index is 545. The summed E-state index contributed by atoms with van der Waals surface area (Å²) in [5, 5.41) is 1.12. The number of rotatable bonds is 3. The number of nitrogens with one attached hydrogen (secondary N) is 1. The summed E-state index contributed by atoms with van der Waals surface area (Å²) in [6.45, 7) is 1.99. The van der Waals surface area contributed by atoms with Crippen molar-refractivity contribution in [3.63, 3.8) is 0 Å². The minimum atomic E-state index is -0.613. The average molecular weight is 232 g/mol. The molecule has 0 aliphatic carbocycles. The Morgan fingerprint density at radius 2 is 2.18 bits per heavy atom. The molecule has 4 nitrogen and oxygen atoms in total. The number of esters is 1. The number of benzene rings is 1. The van der Waals surface area contributed by atoms with Crippen LogP contribution in [0.5, 0.6) is 0 Å². The Morgan fingerprint density at radius 3 is 2.88 bits per heavy atom. The summed E-state index contributed by atoms with van der Waals surface area (Å²) in [7, 11) is 1.35. The second kappa shape index (κ2) is 4.59. The smallest absolute Gasteiger partial charge is 0.322 e. The number of nitrogens with two attached hydrogens (primary N) is 1. The molecule has 0 bridgehead atoms. The molecule has 4 heteroatoms. The number of H-pyrrole nitrogens is 1. The van der Waals surface area contributed by atoms with E-state index < -0.39 is 6.04 Å². The van der Waals surface area contributed by atoms with Gasteiger partial charge in [0.25, 0.3) is 0 Å². The third kappa shape index (κ3) is 2.17. The molecular formula is C13H16N2O2. The lowest BCUT2D eigenvalue weighted by Crippen LogP contribution is -2.33. The first-order valence-corrected chi connectivity index (χ1v) is 5.53. The van der Waals surface area contributed by atoms with Crippen LogP contribution in [0.15, 0.2) is 24.3 Å². The summed E-state index contributed by atoms with van der Waals surface area (Å²) in [5.41, 5.74) is 8.99. The van der Waals surface area contributed by atoms with Crippen molar-refractivity contribution in [2.24, 2.45) is 5.73 Å². The number of methoxy groups -OCH3 is 1. The van der Waals surface area contributed by atoms with Crippen molar-refractivity contribution in [1.29, 1.82) is 0 Å². The molecule has 0 saturated carbocycles. The van der Waals surface area contributed by atoms with Crippen LogP contribution in [0.25, 0.3) is 10.9 Å². The fourth-order valence-corrected chi connectivity index (χ4v) is 2.05. The Balaban J connectivity index is 2.35. The molecule has 0 amide bonds. The first-order valence-electron chi connectivity index (χ1n) is 5.53. The molecular weight excluding hydrogens is 216 g/mol. The maximum Gasteiger partial charge on any atom is 0.322 e. The van der Waals surface area contributed by atoms with E-state index in [1.165, 1.54) is 7.11 Å². The number of aromatic nitrogens is 1. The Labute approximate surface area is 99.8 Å². The van der Waals surface area contributed by atoms with E-state index in [2.05, 4.69) is 9.72 Å². The highest BCUT2D eigenvalue weighted by atomic mass is 16.5. The monoisotopic (exact) mass is 232 g/mol. The molecule has 0 aliphatic heterocycles. The van der Waals surface area contributed by atoms with Gasteiger partial charge in [-0.3, -0.25) is 4.79 Å². The van der Waals surface area contributed by atoms with Gasteiger partial charge in [-0.25, -0.2) is 0 Å². The van der Waals surface area contributed by atoms with E-state index in [4.69, 9.17) is 5.73 Å². The van der Waals surface area contributed by atoms with E-state index >= 15 is 0 Å². The van der Waals surface area contributed by atoms with Gasteiger partial charge in [-0.05, 0) is 18.6 Å². The van der Waals surface area contributed by atoms with Gasteiger partial charge in [0, 0.05) is 23.0 Å². The molecule has 2 aromatic rings. The lowest BCUT2D eigenvalue weighted by Gasteiger charge is -2.09. The number of hydrogen-bond donors (Lipinski definition) is 2. The number of carbonyl (C=O) groups is 1. The van der Waals surface area contributed by atoms with E-state index in [1.54, 1.807) is 0 Å². The van der Waals surface area contributed by atoms with Crippen LogP contribution in [0, 0.1) is 6.92 Å². The van der Waals surface area contributed by atoms with Crippen molar-refractivity contribution < 1.29 is 9.53 Å². The van der Waals surface area contributed by atoms with Gasteiger partial charge in [0.2, 0.25) is 0 Å². The maximum absolute atomic E-state index is 11.3. The zero-order chi connectivity index (χ0) is 12.4. The van der Waals surface area contributed by atoms with Gasteiger partial charge in [-0.15, -0.1) is 0 Å². The average Bonchev–Trinajstić information content (AvgIpc) is 2.65. The highest BCUT2D eigenvalue weighted by Crippen LogP contribution is 2.22. The molecule has 0 aliphatic rings. The standard InChI is InChI=1S/C13H16N2O2/c1-8-10(7-11(14)13(16)17-2)9-5-3-4-6-12(9)15-8/h3-6,11,15H,7,14H2,1-2H3/t11-/m1/s1. The Kier molecular flexibility index (Phi) is 3.15. The lowest BCUT2D eigenvalue weighted by molar-refractivity contribution is -0.142. The van der Waals surface area contributed by atoms with Gasteiger partial charge in [-0.2, -0.15) is 0 Å². The minimum absolute atomic E-state index is 0.380. The second-order valence-electron chi connectivity index (χ2n) is 4.11. The first-order chi connectivity index (χ1) is 8.13. The third-order valence-electron chi connectivity index (χ3n) is 2.95. The quantitative estimate of drug-likeness (QED) is 0.788. The van der Waals surface area contributed by atoms with Gasteiger partial charge in [-0.1, -0.05) is 18.2 Å². The number of ether oxygens (including phenoxy) is 1. The second-order valence-corrected chi connectivity index (χ2v) is 4.11. The predicted molar refractivity (Wildman–Crippen MR) is 66.7 cm³/mol. The number of fused-ring (bicyclic) bond motifs is 1. The molecule has 1 heterocycles. The summed E-state index contributed by atoms with van der Waals surface area (Å²) >= 11 is 0. The van der Waals surface area contributed by atoms with Crippen molar-refractivity contribution in [2.45, 2.75) is 19.4 Å². The van der Waals surface area contributed by atoms with Crippen LogP contribution in [-0.4, -0.2) is 24.1 Å². The van der Waals surface area contributed by atoms with Gasteiger partial charge in [0.15, 0.2) is 0 Å². The van der Waals surface area contributed by atoms with Crippen molar-refractivity contribution in [3.05, 3.63) is 35.5 Å². The molecule has 2 rings (SSSR count). The molecule has 0 radical (unpaired) electrons. The summed E-state index contributed by atoms with van der Waals surface area (Å²) < 4.78 is 4.64. The highest BCUT2D eigenvalue weighted by Gasteiger charge is 2.18. The van der Waals surface area contributed by atoms with Crippen molar-refractivity contribution in [2.75, 3.05) is 7.11 Å². The SMILES string of the molecule is COC(=O)[C@H](N)Cc1c(C)[nH]c2ccccc12. The predicted octanol–water partition coefficient (Wildman–Crippen LogP) is 1.52. The highest BCUT2D eigenvalue weighted by molar-refractivity contribution is 5.85. The van der Waals surface area contributed by atoms with Crippen LogP contribution in [0.2, 0.25) is 0 Å². The summed E-state index contributed by atoms with van der Waals surface area (Å²) in [5.74, 6) is -0.380. The molecule has 0 spiro atoms. The van der Waals surface area contributed by atoms with Gasteiger partial charge in [0.1, 0.15) is 6.04 Å². The molecule has 1 atom stereocenters. The van der Waals surface area contributed by atoms with Gasteiger partial charge < -0.3 is 15.5 Å². The van der Waals surface area contributed by atoms with Crippen LogP contribution in [0.3, 0.4) is 0 Å². The van der Waals surface area contributed by atoms with Crippen LogP contribution in [0.4, 0.5) is 0 Å². The Hall–Kier alpha value is -1.81. The van der Waals surface area contributed by atoms with Crippen LogP contribution < -0.4 is 5.73 Å². The molecule has 0 fully saturated rings. The maximum atomic E-state index is 11.3. The fourth-order valence-electron chi connectivity index (χ4n) is 2.05. The number of aryl methyl sites for hydroxylation is 1. The topological polar surface area (TPSA) is 68.1 Å². The van der Waals surface area contributed by atoms with Gasteiger partial charge >= 0.3 is 5.97 Å². The molecule has 1 aromatic heterocycles. The summed E-state index contributed by atoms with van der Waals surface area (Å²) in [6, 6.07) is 7.37. The van der Waals surface area contributed by atoms with Crippen LogP contribution in [0.1, 0.15) is 11.3 Å². The molecule has 0 unspecified atom stereocenters. The number of carbonyl (C=O) groups excluding carboxylic acids is 1. The van der Waals surface area contributed by atoms with Gasteiger partial charge in [0.05, 0.1) is 7.11 Å². The minimum Gasteiger partial charge on any atom is -0.468 e. The van der Waals surface area contributed by atoms with Crippen LogP contribution in [-0.2, 0) is 16.0 Å². The van der Waals surface area contributed by atoms with E-state index in [9.17, 15) is 4.79 Å². The zero-order valence-electron chi connectivity index (χ0n) is 9.99. The number of aromatic amines is 1. The van der Waals surface area contributed by atoms with Crippen molar-refractivity contribution in [3.8, 4) is 0 Å². The van der Waals surface area contributed by atoms with Crippen molar-refractivity contribution in [1.82, 2.24) is 4.98 Å². The molecule has 1 aromatic carbocycles. The molecule has 3 N–H and O–H groups in total. The molecule has 0 saturated heterocycles. The summed E-state index contributed by atoms with van der Waals surface area (Å²) in [6.07, 6.45) is 0.489. The van der Waals surface area contributed by atoms with Crippen LogP contribution >= 0.6 is 0 Å². The number of para-hydroxylation sites is 1. The largest absolute Gasteiger partial charge is 0.468 e. The Morgan fingerprint density at radius 1 is 1.47 bits per heavy atom. The molecule has 90 valence electrons. The van der Waals surface area contributed by atoms with Crippen molar-refractivity contribution >= 4 is 16.9 Å². The fraction of sp³-hybridized carbons (Fsp3) is 0.308.